The van der Waals surface area contributed by atoms with Crippen LogP contribution in [0.15, 0.2) is 18.2 Å². The van der Waals surface area contributed by atoms with Gasteiger partial charge in [0, 0.05) is 31.6 Å². The lowest BCUT2D eigenvalue weighted by Crippen LogP contribution is -2.48. The van der Waals surface area contributed by atoms with Crippen molar-refractivity contribution in [1.82, 2.24) is 4.90 Å². The molecule has 0 aromatic heterocycles. The fraction of sp³-hybridized carbons (Fsp3) is 0.579. The Morgan fingerprint density at radius 1 is 1.28 bits per heavy atom. The molecular weight excluding hydrogens is 320 g/mol. The monoisotopic (exact) mass is 346 g/mol. The smallest absolute Gasteiger partial charge is 0.224 e. The van der Waals surface area contributed by atoms with E-state index in [1.54, 1.807) is 0 Å². The van der Waals surface area contributed by atoms with Crippen LogP contribution >= 0.6 is 0 Å². The van der Waals surface area contributed by atoms with Crippen LogP contribution in [0.4, 0.5) is 5.69 Å². The molecule has 1 N–H and O–H groups in total. The van der Waals surface area contributed by atoms with Gasteiger partial charge in [0.1, 0.15) is 5.75 Å². The Morgan fingerprint density at radius 2 is 2.04 bits per heavy atom. The van der Waals surface area contributed by atoms with Gasteiger partial charge in [0.15, 0.2) is 0 Å². The maximum Gasteiger partial charge on any atom is 0.224 e. The molecule has 2 atom stereocenters. The molecule has 0 bridgehead atoms. The van der Waals surface area contributed by atoms with Gasteiger partial charge in [-0.3, -0.25) is 9.59 Å². The number of nitrogens with zero attached hydrogens (tertiary/aromatic N) is 1. The fourth-order valence-electron chi connectivity index (χ4n) is 3.40. The standard InChI is InChI=1S/C19H26N2O4/c1-13-11-21(12-14(2)25-13)19(23)4-3-9-24-16-6-7-17-15(10-16)5-8-18(22)20-17/h6-7,10,13-14H,3-5,8-9,11-12H2,1-2H3,(H,20,22)/t13-,14-/m1/s1. The number of hydrogen-bond donors (Lipinski definition) is 1. The topological polar surface area (TPSA) is 67.9 Å². The Labute approximate surface area is 148 Å². The molecule has 0 unspecified atom stereocenters. The Kier molecular flexibility index (Phi) is 5.58. The van der Waals surface area contributed by atoms with Crippen LogP contribution in [0.5, 0.6) is 5.75 Å². The SMILES string of the molecule is C[C@@H]1CN(C(=O)CCCOc2ccc3c(c2)CCC(=O)N3)C[C@@H](C)O1. The number of morpholine rings is 1. The van der Waals surface area contributed by atoms with E-state index in [4.69, 9.17) is 9.47 Å². The van der Waals surface area contributed by atoms with E-state index < -0.39 is 0 Å². The molecule has 6 heteroatoms. The molecule has 1 aromatic rings. The highest BCUT2D eigenvalue weighted by molar-refractivity contribution is 5.94. The second-order valence-corrected chi connectivity index (χ2v) is 6.88. The molecule has 0 saturated carbocycles. The number of carbonyl (C=O) groups is 2. The summed E-state index contributed by atoms with van der Waals surface area (Å²) in [5.74, 6) is 1.01. The van der Waals surface area contributed by atoms with Gasteiger partial charge in [0.25, 0.3) is 0 Å². The molecule has 2 aliphatic heterocycles. The minimum absolute atomic E-state index is 0.0615. The molecule has 2 aliphatic rings. The number of ether oxygens (including phenoxy) is 2. The van der Waals surface area contributed by atoms with Crippen molar-refractivity contribution in [2.75, 3.05) is 25.0 Å². The molecule has 1 aromatic carbocycles. The second kappa shape index (κ2) is 7.87. The first-order valence-electron chi connectivity index (χ1n) is 9.00. The van der Waals surface area contributed by atoms with Gasteiger partial charge >= 0.3 is 0 Å². The van der Waals surface area contributed by atoms with Crippen molar-refractivity contribution in [3.05, 3.63) is 23.8 Å². The number of rotatable bonds is 5. The predicted molar refractivity (Wildman–Crippen MR) is 94.7 cm³/mol. The van der Waals surface area contributed by atoms with Gasteiger partial charge in [-0.25, -0.2) is 0 Å². The molecule has 3 rings (SSSR count). The molecule has 136 valence electrons. The number of nitrogens with one attached hydrogen (secondary N) is 1. The maximum atomic E-state index is 12.3. The van der Waals surface area contributed by atoms with Crippen LogP contribution in [-0.4, -0.2) is 48.6 Å². The summed E-state index contributed by atoms with van der Waals surface area (Å²) in [6, 6.07) is 5.71. The van der Waals surface area contributed by atoms with E-state index in [2.05, 4.69) is 5.32 Å². The third-order valence-electron chi connectivity index (χ3n) is 4.55. The molecule has 2 heterocycles. The molecule has 1 fully saturated rings. The van der Waals surface area contributed by atoms with Gasteiger partial charge in [0.2, 0.25) is 11.8 Å². The fourth-order valence-corrected chi connectivity index (χ4v) is 3.40. The molecule has 1 saturated heterocycles. The largest absolute Gasteiger partial charge is 0.494 e. The van der Waals surface area contributed by atoms with E-state index in [1.807, 2.05) is 36.9 Å². The summed E-state index contributed by atoms with van der Waals surface area (Å²) in [5.41, 5.74) is 1.97. The number of anilines is 1. The summed E-state index contributed by atoms with van der Waals surface area (Å²) in [6.45, 7) is 5.84. The van der Waals surface area contributed by atoms with Gasteiger partial charge < -0.3 is 19.7 Å². The Hall–Kier alpha value is -2.08. The zero-order valence-corrected chi connectivity index (χ0v) is 14.9. The van der Waals surface area contributed by atoms with E-state index in [9.17, 15) is 9.59 Å². The first kappa shape index (κ1) is 17.7. The maximum absolute atomic E-state index is 12.3. The number of hydrogen-bond acceptors (Lipinski definition) is 4. The van der Waals surface area contributed by atoms with E-state index in [1.165, 1.54) is 0 Å². The Bertz CT molecular complexity index is 636. The average molecular weight is 346 g/mol. The molecular formula is C19H26N2O4. The lowest BCUT2D eigenvalue weighted by atomic mass is 10.0. The molecule has 0 aliphatic carbocycles. The summed E-state index contributed by atoms with van der Waals surface area (Å²) in [6.07, 6.45) is 2.62. The van der Waals surface area contributed by atoms with Crippen molar-refractivity contribution in [2.45, 2.75) is 51.7 Å². The highest BCUT2D eigenvalue weighted by Crippen LogP contribution is 2.26. The molecule has 25 heavy (non-hydrogen) atoms. The molecule has 0 spiro atoms. The number of carbonyl (C=O) groups excluding carboxylic acids is 2. The van der Waals surface area contributed by atoms with Crippen molar-refractivity contribution in [3.63, 3.8) is 0 Å². The third-order valence-corrected chi connectivity index (χ3v) is 4.55. The molecule has 6 nitrogen and oxygen atoms in total. The number of amides is 2. The normalized spacial score (nSPS) is 23.0. The van der Waals surface area contributed by atoms with Gasteiger partial charge in [-0.05, 0) is 50.5 Å². The van der Waals surface area contributed by atoms with E-state index in [0.29, 0.717) is 39.0 Å². The van der Waals surface area contributed by atoms with Crippen molar-refractivity contribution < 1.29 is 19.1 Å². The first-order valence-corrected chi connectivity index (χ1v) is 9.00. The second-order valence-electron chi connectivity index (χ2n) is 6.88. The summed E-state index contributed by atoms with van der Waals surface area (Å²) >= 11 is 0. The van der Waals surface area contributed by atoms with Crippen molar-refractivity contribution in [3.8, 4) is 5.75 Å². The minimum Gasteiger partial charge on any atom is -0.494 e. The quantitative estimate of drug-likeness (QED) is 0.831. The summed E-state index contributed by atoms with van der Waals surface area (Å²) in [4.78, 5) is 25.6. The number of aryl methyl sites for hydroxylation is 1. The summed E-state index contributed by atoms with van der Waals surface area (Å²) in [5, 5.41) is 2.86. The van der Waals surface area contributed by atoms with Crippen LogP contribution in [-0.2, 0) is 20.7 Å². The van der Waals surface area contributed by atoms with Crippen LogP contribution in [0.25, 0.3) is 0 Å². The van der Waals surface area contributed by atoms with Gasteiger partial charge in [-0.15, -0.1) is 0 Å². The number of benzene rings is 1. The summed E-state index contributed by atoms with van der Waals surface area (Å²) < 4.78 is 11.4. The van der Waals surface area contributed by atoms with Crippen LogP contribution in [0.3, 0.4) is 0 Å². The Balaban J connectivity index is 1.42. The highest BCUT2D eigenvalue weighted by atomic mass is 16.5. The summed E-state index contributed by atoms with van der Waals surface area (Å²) in [7, 11) is 0. The van der Waals surface area contributed by atoms with E-state index in [-0.39, 0.29) is 24.0 Å². The molecule has 0 radical (unpaired) electrons. The van der Waals surface area contributed by atoms with Gasteiger partial charge in [-0.1, -0.05) is 0 Å². The van der Waals surface area contributed by atoms with Crippen LogP contribution in [0.2, 0.25) is 0 Å². The minimum atomic E-state index is 0.0615. The zero-order chi connectivity index (χ0) is 17.8. The van der Waals surface area contributed by atoms with Crippen molar-refractivity contribution in [1.29, 1.82) is 0 Å². The number of fused-ring (bicyclic) bond motifs is 1. The van der Waals surface area contributed by atoms with Crippen LogP contribution in [0, 0.1) is 0 Å². The van der Waals surface area contributed by atoms with Crippen LogP contribution < -0.4 is 10.1 Å². The molecule has 2 amide bonds. The van der Waals surface area contributed by atoms with Gasteiger partial charge in [0.05, 0.1) is 18.8 Å². The van der Waals surface area contributed by atoms with E-state index in [0.717, 1.165) is 23.4 Å². The first-order chi connectivity index (χ1) is 12.0. The lowest BCUT2D eigenvalue weighted by molar-refractivity contribution is -0.143. The predicted octanol–water partition coefficient (Wildman–Crippen LogP) is 2.37. The van der Waals surface area contributed by atoms with Gasteiger partial charge in [-0.2, -0.15) is 0 Å². The van der Waals surface area contributed by atoms with Crippen molar-refractivity contribution in [2.24, 2.45) is 0 Å². The van der Waals surface area contributed by atoms with Crippen molar-refractivity contribution >= 4 is 17.5 Å². The Morgan fingerprint density at radius 3 is 2.80 bits per heavy atom. The van der Waals surface area contributed by atoms with Crippen LogP contribution in [0.1, 0.15) is 38.7 Å². The lowest BCUT2D eigenvalue weighted by Gasteiger charge is -2.35. The zero-order valence-electron chi connectivity index (χ0n) is 14.9. The third kappa shape index (κ3) is 4.72. The van der Waals surface area contributed by atoms with E-state index >= 15 is 0 Å². The highest BCUT2D eigenvalue weighted by Gasteiger charge is 2.25. The average Bonchev–Trinajstić information content (AvgIpc) is 2.57.